The SMILES string of the molecule is CN(C)c1ccc(F)cc1CCC#N. The fourth-order valence-corrected chi connectivity index (χ4v) is 1.38. The predicted octanol–water partition coefficient (Wildman–Crippen LogP) is 2.35. The summed E-state index contributed by atoms with van der Waals surface area (Å²) >= 11 is 0. The molecule has 0 radical (unpaired) electrons. The zero-order valence-electron chi connectivity index (χ0n) is 8.42. The molecule has 0 N–H and O–H groups in total. The lowest BCUT2D eigenvalue weighted by molar-refractivity contribution is 0.625. The molecule has 0 spiro atoms. The molecule has 2 nitrogen and oxygen atoms in total. The van der Waals surface area contributed by atoms with Crippen molar-refractivity contribution in [3.8, 4) is 6.07 Å². The number of hydrogen-bond donors (Lipinski definition) is 0. The second kappa shape index (κ2) is 4.61. The van der Waals surface area contributed by atoms with E-state index in [1.165, 1.54) is 12.1 Å². The number of anilines is 1. The first-order valence-electron chi connectivity index (χ1n) is 4.48. The smallest absolute Gasteiger partial charge is 0.123 e. The molecule has 0 aliphatic rings. The third-order valence-electron chi connectivity index (χ3n) is 2.03. The van der Waals surface area contributed by atoms with E-state index in [4.69, 9.17) is 5.26 Å². The standard InChI is InChI=1S/C11H13FN2/c1-14(2)11-6-5-10(12)8-9(11)4-3-7-13/h5-6,8H,3-4H2,1-2H3. The average Bonchev–Trinajstić information content (AvgIpc) is 2.14. The zero-order valence-corrected chi connectivity index (χ0v) is 8.42. The molecule has 1 aromatic rings. The van der Waals surface area contributed by atoms with Crippen LogP contribution in [0.15, 0.2) is 18.2 Å². The second-order valence-corrected chi connectivity index (χ2v) is 3.33. The zero-order chi connectivity index (χ0) is 10.6. The lowest BCUT2D eigenvalue weighted by Crippen LogP contribution is -2.11. The van der Waals surface area contributed by atoms with E-state index in [1.54, 1.807) is 6.07 Å². The van der Waals surface area contributed by atoms with Crippen LogP contribution in [0.2, 0.25) is 0 Å². The van der Waals surface area contributed by atoms with Gasteiger partial charge in [0, 0.05) is 26.2 Å². The summed E-state index contributed by atoms with van der Waals surface area (Å²) in [5.74, 6) is -0.247. The van der Waals surface area contributed by atoms with E-state index in [0.29, 0.717) is 12.8 Å². The van der Waals surface area contributed by atoms with Crippen molar-refractivity contribution in [1.29, 1.82) is 5.26 Å². The first-order valence-corrected chi connectivity index (χ1v) is 4.48. The van der Waals surface area contributed by atoms with E-state index >= 15 is 0 Å². The van der Waals surface area contributed by atoms with Gasteiger partial charge in [-0.1, -0.05) is 0 Å². The second-order valence-electron chi connectivity index (χ2n) is 3.33. The molecule has 0 saturated carbocycles. The third kappa shape index (κ3) is 2.46. The summed E-state index contributed by atoms with van der Waals surface area (Å²) < 4.78 is 12.9. The highest BCUT2D eigenvalue weighted by atomic mass is 19.1. The van der Waals surface area contributed by atoms with E-state index in [0.717, 1.165) is 11.3 Å². The molecule has 1 rings (SSSR count). The van der Waals surface area contributed by atoms with Crippen LogP contribution in [0.4, 0.5) is 10.1 Å². The monoisotopic (exact) mass is 192 g/mol. The van der Waals surface area contributed by atoms with Gasteiger partial charge in [-0.05, 0) is 30.2 Å². The van der Waals surface area contributed by atoms with Gasteiger partial charge in [-0.2, -0.15) is 5.26 Å². The molecule has 0 fully saturated rings. The van der Waals surface area contributed by atoms with Crippen molar-refractivity contribution >= 4 is 5.69 Å². The molecule has 14 heavy (non-hydrogen) atoms. The Morgan fingerprint density at radius 2 is 2.14 bits per heavy atom. The molecule has 0 bridgehead atoms. The quantitative estimate of drug-likeness (QED) is 0.735. The molecule has 0 amide bonds. The first kappa shape index (κ1) is 10.5. The maximum absolute atomic E-state index is 12.9. The Hall–Kier alpha value is -1.56. The predicted molar refractivity (Wildman–Crippen MR) is 54.7 cm³/mol. The fraction of sp³-hybridized carbons (Fsp3) is 0.364. The Kier molecular flexibility index (Phi) is 3.47. The van der Waals surface area contributed by atoms with Gasteiger partial charge in [0.25, 0.3) is 0 Å². The molecule has 0 unspecified atom stereocenters. The average molecular weight is 192 g/mol. The minimum absolute atomic E-state index is 0.247. The molecule has 0 aromatic heterocycles. The van der Waals surface area contributed by atoms with Gasteiger partial charge in [-0.3, -0.25) is 0 Å². The Bertz CT molecular complexity index is 353. The van der Waals surface area contributed by atoms with Crippen LogP contribution in [0.1, 0.15) is 12.0 Å². The van der Waals surface area contributed by atoms with Crippen molar-refractivity contribution in [2.75, 3.05) is 19.0 Å². The van der Waals surface area contributed by atoms with Crippen LogP contribution in [0.5, 0.6) is 0 Å². The van der Waals surface area contributed by atoms with Crippen molar-refractivity contribution in [1.82, 2.24) is 0 Å². The largest absolute Gasteiger partial charge is 0.377 e. The van der Waals surface area contributed by atoms with Crippen LogP contribution < -0.4 is 4.90 Å². The molecule has 0 heterocycles. The lowest BCUT2D eigenvalue weighted by atomic mass is 10.1. The number of nitriles is 1. The Labute approximate surface area is 83.6 Å². The minimum Gasteiger partial charge on any atom is -0.377 e. The van der Waals surface area contributed by atoms with Crippen molar-refractivity contribution in [3.63, 3.8) is 0 Å². The third-order valence-corrected chi connectivity index (χ3v) is 2.03. The van der Waals surface area contributed by atoms with Gasteiger partial charge in [0.1, 0.15) is 5.82 Å². The summed E-state index contributed by atoms with van der Waals surface area (Å²) in [6, 6.07) is 6.73. The Morgan fingerprint density at radius 1 is 1.43 bits per heavy atom. The molecule has 3 heteroatoms. The van der Waals surface area contributed by atoms with E-state index < -0.39 is 0 Å². The van der Waals surface area contributed by atoms with E-state index in [1.807, 2.05) is 19.0 Å². The number of halogens is 1. The van der Waals surface area contributed by atoms with Crippen molar-refractivity contribution in [3.05, 3.63) is 29.6 Å². The van der Waals surface area contributed by atoms with Gasteiger partial charge in [0.15, 0.2) is 0 Å². The van der Waals surface area contributed by atoms with E-state index in [2.05, 4.69) is 6.07 Å². The van der Waals surface area contributed by atoms with Crippen molar-refractivity contribution in [2.45, 2.75) is 12.8 Å². The van der Waals surface area contributed by atoms with E-state index in [-0.39, 0.29) is 5.82 Å². The molecule has 1 aromatic carbocycles. The summed E-state index contributed by atoms with van der Waals surface area (Å²) in [5.41, 5.74) is 1.86. The van der Waals surface area contributed by atoms with Crippen LogP contribution in [-0.4, -0.2) is 14.1 Å². The topological polar surface area (TPSA) is 27.0 Å². The number of hydrogen-bond acceptors (Lipinski definition) is 2. The van der Waals surface area contributed by atoms with Gasteiger partial charge in [-0.25, -0.2) is 4.39 Å². The highest BCUT2D eigenvalue weighted by Crippen LogP contribution is 2.20. The Balaban J connectivity index is 2.98. The molecule has 0 atom stereocenters. The van der Waals surface area contributed by atoms with Gasteiger partial charge in [-0.15, -0.1) is 0 Å². The van der Waals surface area contributed by atoms with Crippen LogP contribution in [0, 0.1) is 17.1 Å². The fourth-order valence-electron chi connectivity index (χ4n) is 1.38. The molecule has 0 aliphatic heterocycles. The number of nitrogens with zero attached hydrogens (tertiary/aromatic N) is 2. The molecule has 0 aliphatic carbocycles. The summed E-state index contributed by atoms with van der Waals surface area (Å²) in [6.45, 7) is 0. The molecule has 0 saturated heterocycles. The van der Waals surface area contributed by atoms with Crippen molar-refractivity contribution in [2.24, 2.45) is 0 Å². The Morgan fingerprint density at radius 3 is 2.71 bits per heavy atom. The number of rotatable bonds is 3. The van der Waals surface area contributed by atoms with Gasteiger partial charge in [0.2, 0.25) is 0 Å². The summed E-state index contributed by atoms with van der Waals surface area (Å²) in [4.78, 5) is 1.92. The minimum atomic E-state index is -0.247. The number of aryl methyl sites for hydroxylation is 1. The summed E-state index contributed by atoms with van der Waals surface area (Å²) in [7, 11) is 3.81. The maximum atomic E-state index is 12.9. The molecular formula is C11H13FN2. The van der Waals surface area contributed by atoms with Gasteiger partial charge >= 0.3 is 0 Å². The number of benzene rings is 1. The van der Waals surface area contributed by atoms with Crippen LogP contribution in [0.3, 0.4) is 0 Å². The normalized spacial score (nSPS) is 9.57. The summed E-state index contributed by atoms with van der Waals surface area (Å²) in [5, 5.41) is 8.47. The first-order chi connectivity index (χ1) is 6.65. The molecule has 74 valence electrons. The lowest BCUT2D eigenvalue weighted by Gasteiger charge is -2.16. The van der Waals surface area contributed by atoms with Crippen LogP contribution in [0.25, 0.3) is 0 Å². The van der Waals surface area contributed by atoms with Gasteiger partial charge < -0.3 is 4.90 Å². The highest BCUT2D eigenvalue weighted by molar-refractivity contribution is 5.52. The van der Waals surface area contributed by atoms with Crippen molar-refractivity contribution < 1.29 is 4.39 Å². The summed E-state index contributed by atoms with van der Waals surface area (Å²) in [6.07, 6.45) is 1.02. The van der Waals surface area contributed by atoms with Crippen LogP contribution >= 0.6 is 0 Å². The van der Waals surface area contributed by atoms with E-state index in [9.17, 15) is 4.39 Å². The van der Waals surface area contributed by atoms with Gasteiger partial charge in [0.05, 0.1) is 6.07 Å². The molecular weight excluding hydrogens is 179 g/mol. The maximum Gasteiger partial charge on any atom is 0.123 e. The van der Waals surface area contributed by atoms with Crippen LogP contribution in [-0.2, 0) is 6.42 Å². The highest BCUT2D eigenvalue weighted by Gasteiger charge is 2.05.